The van der Waals surface area contributed by atoms with Crippen LogP contribution < -0.4 is 4.57 Å². The molecule has 0 fully saturated rings. The second-order valence-electron chi connectivity index (χ2n) is 3.48. The number of aliphatic hydroxyl groups is 3. The Morgan fingerprint density at radius 3 is 2.13 bits per heavy atom. The third-order valence-electron chi connectivity index (χ3n) is 2.51. The SMILES string of the molecule is C[n+]1c(CCO)[nH]c(CCO)c1CCO. The summed E-state index contributed by atoms with van der Waals surface area (Å²) >= 11 is 0. The molecular weight excluding hydrogens is 196 g/mol. The molecule has 0 saturated heterocycles. The number of imidazole rings is 1. The molecule has 5 heteroatoms. The fourth-order valence-electron chi connectivity index (χ4n) is 1.77. The lowest BCUT2D eigenvalue weighted by Gasteiger charge is -1.97. The van der Waals surface area contributed by atoms with Crippen molar-refractivity contribution in [3.05, 3.63) is 17.2 Å². The topological polar surface area (TPSA) is 80.4 Å². The molecule has 1 rings (SSSR count). The Bertz CT molecular complexity index is 310. The zero-order valence-electron chi connectivity index (χ0n) is 9.03. The van der Waals surface area contributed by atoms with Gasteiger partial charge in [0.1, 0.15) is 11.4 Å². The Labute approximate surface area is 89.0 Å². The molecule has 4 N–H and O–H groups in total. The van der Waals surface area contributed by atoms with Gasteiger partial charge >= 0.3 is 0 Å². The first kappa shape index (κ1) is 12.2. The molecule has 1 heterocycles. The monoisotopic (exact) mass is 215 g/mol. The average Bonchev–Trinajstić information content (AvgIpc) is 2.49. The first-order valence-corrected chi connectivity index (χ1v) is 5.15. The van der Waals surface area contributed by atoms with Gasteiger partial charge in [-0.25, -0.2) is 9.55 Å². The van der Waals surface area contributed by atoms with Gasteiger partial charge in [-0.1, -0.05) is 0 Å². The third kappa shape index (κ3) is 2.77. The van der Waals surface area contributed by atoms with Gasteiger partial charge in [-0.05, 0) is 0 Å². The minimum absolute atomic E-state index is 0.0809. The summed E-state index contributed by atoms with van der Waals surface area (Å²) in [7, 11) is 1.90. The van der Waals surface area contributed by atoms with Gasteiger partial charge < -0.3 is 15.3 Å². The second kappa shape index (κ2) is 5.85. The number of aliphatic hydroxyl groups excluding tert-OH is 3. The van der Waals surface area contributed by atoms with E-state index in [4.69, 9.17) is 15.3 Å². The summed E-state index contributed by atoms with van der Waals surface area (Å²) in [5, 5.41) is 26.7. The maximum atomic E-state index is 8.94. The van der Waals surface area contributed by atoms with E-state index in [0.717, 1.165) is 17.2 Å². The van der Waals surface area contributed by atoms with Crippen molar-refractivity contribution >= 4 is 0 Å². The van der Waals surface area contributed by atoms with Crippen molar-refractivity contribution in [3.8, 4) is 0 Å². The van der Waals surface area contributed by atoms with E-state index in [9.17, 15) is 0 Å². The first-order chi connectivity index (χ1) is 7.24. The number of nitrogens with one attached hydrogen (secondary N) is 1. The molecule has 0 spiro atoms. The van der Waals surface area contributed by atoms with Gasteiger partial charge in [0.15, 0.2) is 0 Å². The zero-order valence-corrected chi connectivity index (χ0v) is 9.03. The van der Waals surface area contributed by atoms with Crippen LogP contribution in [0.15, 0.2) is 0 Å². The standard InChI is InChI=1S/C10H18N2O3/c1-12-9(3-6-14)8(2-5-13)11-10(12)4-7-15/h13-15H,2-7H2,1H3/p+1. The first-order valence-electron chi connectivity index (χ1n) is 5.15. The number of aromatic nitrogens is 2. The molecule has 0 bridgehead atoms. The predicted octanol–water partition coefficient (Wildman–Crippen LogP) is -1.56. The van der Waals surface area contributed by atoms with Gasteiger partial charge in [0.2, 0.25) is 0 Å². The normalized spacial score (nSPS) is 10.9. The Hall–Kier alpha value is -0.910. The Morgan fingerprint density at radius 1 is 1.00 bits per heavy atom. The lowest BCUT2D eigenvalue weighted by atomic mass is 10.2. The van der Waals surface area contributed by atoms with Crippen molar-refractivity contribution in [2.75, 3.05) is 19.8 Å². The van der Waals surface area contributed by atoms with Crippen LogP contribution in [0.1, 0.15) is 17.2 Å². The molecule has 0 aromatic carbocycles. The highest BCUT2D eigenvalue weighted by molar-refractivity contribution is 5.09. The van der Waals surface area contributed by atoms with E-state index in [1.807, 2.05) is 11.6 Å². The number of nitrogens with zero attached hydrogens (tertiary/aromatic N) is 1. The number of aromatic amines is 1. The lowest BCUT2D eigenvalue weighted by molar-refractivity contribution is -0.685. The molecule has 0 aliphatic heterocycles. The highest BCUT2D eigenvalue weighted by Crippen LogP contribution is 2.06. The molecule has 0 aliphatic carbocycles. The summed E-state index contributed by atoms with van der Waals surface area (Å²) in [5.41, 5.74) is 1.94. The summed E-state index contributed by atoms with van der Waals surface area (Å²) in [6.45, 7) is 0.256. The van der Waals surface area contributed by atoms with Gasteiger partial charge in [0, 0.05) is 12.8 Å². The highest BCUT2D eigenvalue weighted by atomic mass is 16.3. The maximum Gasteiger partial charge on any atom is 0.256 e. The minimum atomic E-state index is 0.0809. The van der Waals surface area contributed by atoms with Gasteiger partial charge in [-0.3, -0.25) is 0 Å². The molecule has 1 aromatic rings. The summed E-state index contributed by atoms with van der Waals surface area (Å²) < 4.78 is 1.94. The van der Waals surface area contributed by atoms with E-state index >= 15 is 0 Å². The van der Waals surface area contributed by atoms with Crippen LogP contribution in [0.3, 0.4) is 0 Å². The summed E-state index contributed by atoms with van der Waals surface area (Å²) in [4.78, 5) is 3.17. The van der Waals surface area contributed by atoms with E-state index in [0.29, 0.717) is 19.3 Å². The quantitative estimate of drug-likeness (QED) is 0.433. The van der Waals surface area contributed by atoms with Gasteiger partial charge in [0.05, 0.1) is 33.3 Å². The highest BCUT2D eigenvalue weighted by Gasteiger charge is 2.20. The number of H-pyrrole nitrogens is 1. The molecule has 5 nitrogen and oxygen atoms in total. The van der Waals surface area contributed by atoms with Crippen LogP contribution in [-0.2, 0) is 26.3 Å². The Morgan fingerprint density at radius 2 is 1.60 bits per heavy atom. The largest absolute Gasteiger partial charge is 0.396 e. The number of hydrogen-bond acceptors (Lipinski definition) is 3. The summed E-state index contributed by atoms with van der Waals surface area (Å²) in [6, 6.07) is 0. The van der Waals surface area contributed by atoms with Gasteiger partial charge in [0.25, 0.3) is 5.82 Å². The van der Waals surface area contributed by atoms with Crippen LogP contribution in [0.4, 0.5) is 0 Å². The lowest BCUT2D eigenvalue weighted by Crippen LogP contribution is -2.36. The van der Waals surface area contributed by atoms with Crippen LogP contribution in [0.2, 0.25) is 0 Å². The van der Waals surface area contributed by atoms with Crippen LogP contribution in [0.5, 0.6) is 0 Å². The van der Waals surface area contributed by atoms with E-state index in [2.05, 4.69) is 4.98 Å². The van der Waals surface area contributed by atoms with Crippen LogP contribution in [-0.4, -0.2) is 40.1 Å². The minimum Gasteiger partial charge on any atom is -0.396 e. The molecule has 15 heavy (non-hydrogen) atoms. The second-order valence-corrected chi connectivity index (χ2v) is 3.48. The Balaban J connectivity index is 2.96. The van der Waals surface area contributed by atoms with Gasteiger partial charge in [-0.15, -0.1) is 0 Å². The van der Waals surface area contributed by atoms with Crippen molar-refractivity contribution in [1.82, 2.24) is 4.98 Å². The molecule has 0 aliphatic rings. The van der Waals surface area contributed by atoms with E-state index < -0.39 is 0 Å². The van der Waals surface area contributed by atoms with Crippen LogP contribution in [0, 0.1) is 0 Å². The number of rotatable bonds is 6. The van der Waals surface area contributed by atoms with E-state index in [-0.39, 0.29) is 19.8 Å². The fraction of sp³-hybridized carbons (Fsp3) is 0.700. The zero-order chi connectivity index (χ0) is 11.3. The van der Waals surface area contributed by atoms with E-state index in [1.54, 1.807) is 0 Å². The smallest absolute Gasteiger partial charge is 0.256 e. The van der Waals surface area contributed by atoms with Crippen molar-refractivity contribution < 1.29 is 19.9 Å². The van der Waals surface area contributed by atoms with Gasteiger partial charge in [-0.2, -0.15) is 0 Å². The molecule has 1 aromatic heterocycles. The van der Waals surface area contributed by atoms with Crippen molar-refractivity contribution in [2.45, 2.75) is 19.3 Å². The van der Waals surface area contributed by atoms with Crippen molar-refractivity contribution in [3.63, 3.8) is 0 Å². The van der Waals surface area contributed by atoms with Crippen LogP contribution in [0.25, 0.3) is 0 Å². The molecule has 86 valence electrons. The Kier molecular flexibility index (Phi) is 4.74. The molecule has 0 saturated carbocycles. The molecule has 0 amide bonds. The summed E-state index contributed by atoms with van der Waals surface area (Å²) in [6.07, 6.45) is 1.67. The molecule has 0 radical (unpaired) electrons. The van der Waals surface area contributed by atoms with Crippen molar-refractivity contribution in [2.24, 2.45) is 7.05 Å². The molecule has 0 unspecified atom stereocenters. The van der Waals surface area contributed by atoms with E-state index in [1.165, 1.54) is 0 Å². The summed E-state index contributed by atoms with van der Waals surface area (Å²) in [5.74, 6) is 0.921. The molecular formula is C10H19N2O3+. The predicted molar refractivity (Wildman–Crippen MR) is 54.3 cm³/mol. The molecule has 0 atom stereocenters. The number of hydrogen-bond donors (Lipinski definition) is 4. The van der Waals surface area contributed by atoms with Crippen molar-refractivity contribution in [1.29, 1.82) is 0 Å². The average molecular weight is 215 g/mol. The fourth-order valence-corrected chi connectivity index (χ4v) is 1.77. The maximum absolute atomic E-state index is 8.94. The third-order valence-corrected chi connectivity index (χ3v) is 2.51. The van der Waals surface area contributed by atoms with Crippen LogP contribution >= 0.6 is 0 Å².